The molecule has 1 aromatic carbocycles. The van der Waals surface area contributed by atoms with Crippen molar-refractivity contribution in [3.05, 3.63) is 56.9 Å². The minimum absolute atomic E-state index is 0.0452. The Morgan fingerprint density at radius 3 is 2.41 bits per heavy atom. The lowest BCUT2D eigenvalue weighted by Crippen LogP contribution is -2.15. The quantitative estimate of drug-likeness (QED) is 0.453. The predicted octanol–water partition coefficient (Wildman–Crippen LogP) is 2.21. The highest BCUT2D eigenvalue weighted by Gasteiger charge is 2.22. The summed E-state index contributed by atoms with van der Waals surface area (Å²) >= 11 is 0. The third-order valence-electron chi connectivity index (χ3n) is 3.58. The van der Waals surface area contributed by atoms with Crippen molar-refractivity contribution in [2.45, 2.75) is 25.3 Å². The van der Waals surface area contributed by atoms with Gasteiger partial charge in [-0.15, -0.1) is 5.92 Å². The third-order valence-corrected chi connectivity index (χ3v) is 4.47. The zero-order valence-electron chi connectivity index (χ0n) is 14.2. The lowest BCUT2D eigenvalue weighted by molar-refractivity contribution is -0.384. The van der Waals surface area contributed by atoms with Crippen molar-refractivity contribution in [1.29, 1.82) is 0 Å². The molecule has 0 amide bonds. The molecule has 0 fully saturated rings. The SMILES string of the molecule is CC#Cc1c(C)ncc([N+](=O)[O-])c1NCc1c(F)cc(S(N)(=O)=O)cc1F. The molecule has 0 saturated carbocycles. The number of halogens is 2. The molecule has 0 saturated heterocycles. The van der Waals surface area contributed by atoms with Crippen molar-refractivity contribution in [3.8, 4) is 11.8 Å². The summed E-state index contributed by atoms with van der Waals surface area (Å²) in [7, 11) is -4.29. The van der Waals surface area contributed by atoms with Crippen molar-refractivity contribution in [3.63, 3.8) is 0 Å². The fraction of sp³-hybridized carbons (Fsp3) is 0.188. The standard InChI is InChI=1S/C16H14F2N4O4S/c1-3-4-11-9(2)20-8-15(22(23)24)16(11)21-7-12-13(17)5-10(6-14(12)18)27(19,25)26/h5-6,8H,7H2,1-2H3,(H,20,21)(H2,19,25,26). The maximum Gasteiger partial charge on any atom is 0.311 e. The number of nitro groups is 1. The normalized spacial score (nSPS) is 10.9. The van der Waals surface area contributed by atoms with Gasteiger partial charge >= 0.3 is 5.69 Å². The lowest BCUT2D eigenvalue weighted by Gasteiger charge is -2.12. The molecule has 0 aliphatic heterocycles. The summed E-state index contributed by atoms with van der Waals surface area (Å²) in [5.74, 6) is 2.94. The highest BCUT2D eigenvalue weighted by atomic mass is 32.2. The molecule has 2 rings (SSSR count). The van der Waals surface area contributed by atoms with Gasteiger partial charge in [0, 0.05) is 12.1 Å². The number of primary sulfonamides is 1. The molecule has 2 aromatic rings. The van der Waals surface area contributed by atoms with Gasteiger partial charge in [0.2, 0.25) is 10.0 Å². The number of nitrogens with zero attached hydrogens (tertiary/aromatic N) is 2. The van der Waals surface area contributed by atoms with Crippen LogP contribution in [0.4, 0.5) is 20.2 Å². The van der Waals surface area contributed by atoms with Gasteiger partial charge in [-0.25, -0.2) is 22.3 Å². The Bertz CT molecular complexity index is 1070. The smallest absolute Gasteiger partial charge is 0.311 e. The van der Waals surface area contributed by atoms with Gasteiger partial charge in [0.05, 0.1) is 21.1 Å². The highest BCUT2D eigenvalue weighted by molar-refractivity contribution is 7.89. The molecule has 0 radical (unpaired) electrons. The maximum absolute atomic E-state index is 14.2. The van der Waals surface area contributed by atoms with E-state index in [1.807, 2.05) is 0 Å². The molecule has 0 unspecified atom stereocenters. The molecule has 142 valence electrons. The minimum Gasteiger partial charge on any atom is -0.374 e. The van der Waals surface area contributed by atoms with E-state index in [0.717, 1.165) is 6.20 Å². The van der Waals surface area contributed by atoms with Crippen LogP contribution in [0.15, 0.2) is 23.2 Å². The van der Waals surface area contributed by atoms with Crippen molar-refractivity contribution in [2.75, 3.05) is 5.32 Å². The number of nitrogens with two attached hydrogens (primary N) is 1. The molecule has 1 heterocycles. The van der Waals surface area contributed by atoms with Crippen LogP contribution in [0.2, 0.25) is 0 Å². The summed E-state index contributed by atoms with van der Waals surface area (Å²) in [6, 6.07) is 1.16. The summed E-state index contributed by atoms with van der Waals surface area (Å²) in [5, 5.41) is 18.7. The van der Waals surface area contributed by atoms with Gasteiger partial charge in [-0.2, -0.15) is 0 Å². The van der Waals surface area contributed by atoms with Crippen LogP contribution in [-0.4, -0.2) is 18.3 Å². The van der Waals surface area contributed by atoms with E-state index in [1.54, 1.807) is 6.92 Å². The average molecular weight is 396 g/mol. The van der Waals surface area contributed by atoms with E-state index in [9.17, 15) is 27.3 Å². The Morgan fingerprint density at radius 1 is 1.33 bits per heavy atom. The summed E-state index contributed by atoms with van der Waals surface area (Å²) in [4.78, 5) is 13.7. The first-order valence-corrected chi connectivity index (χ1v) is 8.92. The number of aromatic nitrogens is 1. The van der Waals surface area contributed by atoms with Crippen LogP contribution in [0.5, 0.6) is 0 Å². The van der Waals surface area contributed by atoms with E-state index in [4.69, 9.17) is 5.14 Å². The van der Waals surface area contributed by atoms with Crippen LogP contribution in [0.3, 0.4) is 0 Å². The second-order valence-corrected chi connectivity index (χ2v) is 6.94. The summed E-state index contributed by atoms with van der Waals surface area (Å²) in [6.07, 6.45) is 1.01. The second-order valence-electron chi connectivity index (χ2n) is 5.37. The van der Waals surface area contributed by atoms with Gasteiger partial charge in [0.15, 0.2) is 0 Å². The van der Waals surface area contributed by atoms with Crippen LogP contribution in [-0.2, 0) is 16.6 Å². The highest BCUT2D eigenvalue weighted by Crippen LogP contribution is 2.30. The van der Waals surface area contributed by atoms with E-state index in [0.29, 0.717) is 17.8 Å². The Balaban J connectivity index is 2.49. The zero-order chi connectivity index (χ0) is 20.4. The van der Waals surface area contributed by atoms with E-state index in [2.05, 4.69) is 22.1 Å². The fourth-order valence-electron chi connectivity index (χ4n) is 2.28. The first-order chi connectivity index (χ1) is 12.6. The number of aryl methyl sites for hydroxylation is 1. The predicted molar refractivity (Wildman–Crippen MR) is 93.2 cm³/mol. The number of hydrogen-bond donors (Lipinski definition) is 2. The Labute approximate surface area is 153 Å². The minimum atomic E-state index is -4.29. The zero-order valence-corrected chi connectivity index (χ0v) is 15.0. The monoisotopic (exact) mass is 396 g/mol. The molecule has 27 heavy (non-hydrogen) atoms. The molecular formula is C16H14F2N4O4S. The van der Waals surface area contributed by atoms with Gasteiger partial charge in [-0.05, 0) is 26.0 Å². The summed E-state index contributed by atoms with van der Waals surface area (Å²) < 4.78 is 50.8. The Hall–Kier alpha value is -3.10. The Morgan fingerprint density at radius 2 is 1.93 bits per heavy atom. The number of benzene rings is 1. The van der Waals surface area contributed by atoms with Crippen LogP contribution >= 0.6 is 0 Å². The van der Waals surface area contributed by atoms with Crippen LogP contribution in [0.25, 0.3) is 0 Å². The van der Waals surface area contributed by atoms with E-state index >= 15 is 0 Å². The topological polar surface area (TPSA) is 128 Å². The molecular weight excluding hydrogens is 382 g/mol. The number of pyridine rings is 1. The first kappa shape index (κ1) is 20.2. The number of nitrogens with one attached hydrogen (secondary N) is 1. The second kappa shape index (κ2) is 7.65. The Kier molecular flexibility index (Phi) is 5.72. The molecule has 11 heteroatoms. The molecule has 0 bridgehead atoms. The van der Waals surface area contributed by atoms with Crippen LogP contribution < -0.4 is 10.5 Å². The fourth-order valence-corrected chi connectivity index (χ4v) is 2.82. The number of rotatable bonds is 5. The molecule has 0 aliphatic carbocycles. The van der Waals surface area contributed by atoms with E-state index in [1.165, 1.54) is 6.92 Å². The number of sulfonamides is 1. The third kappa shape index (κ3) is 4.36. The average Bonchev–Trinajstić information content (AvgIpc) is 2.55. The molecule has 3 N–H and O–H groups in total. The number of anilines is 1. The van der Waals surface area contributed by atoms with Gasteiger partial charge in [-0.3, -0.25) is 15.1 Å². The molecule has 8 nitrogen and oxygen atoms in total. The summed E-state index contributed by atoms with van der Waals surface area (Å²) in [5.41, 5.74) is -0.366. The lowest BCUT2D eigenvalue weighted by atomic mass is 10.1. The van der Waals surface area contributed by atoms with Crippen LogP contribution in [0.1, 0.15) is 23.7 Å². The molecule has 1 aromatic heterocycles. The first-order valence-electron chi connectivity index (χ1n) is 7.37. The van der Waals surface area contributed by atoms with Gasteiger partial charge in [-0.1, -0.05) is 5.92 Å². The van der Waals surface area contributed by atoms with Gasteiger partial charge < -0.3 is 5.32 Å². The van der Waals surface area contributed by atoms with Crippen LogP contribution in [0, 0.1) is 40.5 Å². The molecule has 0 atom stereocenters. The van der Waals surface area contributed by atoms with Crippen molar-refractivity contribution >= 4 is 21.4 Å². The molecule has 0 spiro atoms. The van der Waals surface area contributed by atoms with Gasteiger partial charge in [0.25, 0.3) is 0 Å². The van der Waals surface area contributed by atoms with Crippen molar-refractivity contribution in [2.24, 2.45) is 5.14 Å². The van der Waals surface area contributed by atoms with Gasteiger partial charge in [0.1, 0.15) is 23.5 Å². The number of hydrogen-bond acceptors (Lipinski definition) is 6. The van der Waals surface area contributed by atoms with Crippen molar-refractivity contribution in [1.82, 2.24) is 4.98 Å². The van der Waals surface area contributed by atoms with E-state index in [-0.39, 0.29) is 11.3 Å². The van der Waals surface area contributed by atoms with Crippen molar-refractivity contribution < 1.29 is 22.1 Å². The maximum atomic E-state index is 14.2. The molecule has 0 aliphatic rings. The van der Waals surface area contributed by atoms with E-state index < -0.39 is 49.3 Å². The summed E-state index contributed by atoms with van der Waals surface area (Å²) in [6.45, 7) is 2.61. The largest absolute Gasteiger partial charge is 0.374 e.